The number of para-hydroxylation sites is 1. The first-order valence-corrected chi connectivity index (χ1v) is 10.9. The van der Waals surface area contributed by atoms with Crippen molar-refractivity contribution in [2.24, 2.45) is 5.10 Å². The molecule has 0 radical (unpaired) electrons. The molecule has 9 heteroatoms. The van der Waals surface area contributed by atoms with E-state index < -0.39 is 0 Å². The van der Waals surface area contributed by atoms with Gasteiger partial charge in [0, 0.05) is 39.1 Å². The number of rotatable bonds is 3. The fourth-order valence-electron chi connectivity index (χ4n) is 3.06. The van der Waals surface area contributed by atoms with Crippen LogP contribution >= 0.6 is 50.1 Å². The van der Waals surface area contributed by atoms with Crippen LogP contribution in [-0.2, 0) is 0 Å². The van der Waals surface area contributed by atoms with Gasteiger partial charge in [-0.25, -0.2) is 4.98 Å². The summed E-state index contributed by atoms with van der Waals surface area (Å²) in [5.41, 5.74) is 0.875. The fourth-order valence-corrected chi connectivity index (χ4v) is 3.95. The quantitative estimate of drug-likeness (QED) is 0.181. The maximum atomic E-state index is 13.2. The Kier molecular flexibility index (Phi) is 5.00. The number of aromatic nitrogens is 2. The minimum Gasteiger partial charge on any atom is -0.453 e. The third kappa shape index (κ3) is 3.48. The lowest BCUT2D eigenvalue weighted by Crippen LogP contribution is -2.20. The van der Waals surface area contributed by atoms with E-state index in [1.807, 2.05) is 6.07 Å². The summed E-state index contributed by atoms with van der Waals surface area (Å²) >= 11 is 11.5. The minimum absolute atomic E-state index is 0.280. The highest BCUT2D eigenvalue weighted by atomic mass is 127. The number of halogens is 3. The lowest BCUT2D eigenvalue weighted by atomic mass is 10.2. The highest BCUT2D eigenvalue weighted by Gasteiger charge is 2.17. The van der Waals surface area contributed by atoms with Crippen LogP contribution in [0.2, 0.25) is 5.02 Å². The van der Waals surface area contributed by atoms with Crippen molar-refractivity contribution in [3.05, 3.63) is 84.0 Å². The number of benzene rings is 2. The number of hydrogen-bond acceptors (Lipinski definition) is 5. The Hall–Kier alpha value is -2.43. The zero-order valence-electron chi connectivity index (χ0n) is 15.0. The molecule has 5 aromatic rings. The van der Waals surface area contributed by atoms with Gasteiger partial charge in [-0.3, -0.25) is 4.79 Å². The van der Waals surface area contributed by atoms with Crippen molar-refractivity contribution in [1.82, 2.24) is 9.66 Å². The van der Waals surface area contributed by atoms with Crippen molar-refractivity contribution in [3.63, 3.8) is 0 Å². The lowest BCUT2D eigenvalue weighted by Gasteiger charge is -2.06. The third-order valence-corrected chi connectivity index (χ3v) is 6.78. The van der Waals surface area contributed by atoms with Gasteiger partial charge in [-0.2, -0.15) is 9.78 Å². The molecular formula is C21H10BrClIN3O3. The molecule has 30 heavy (non-hydrogen) atoms. The molecule has 0 aliphatic heterocycles. The molecule has 0 bridgehead atoms. The van der Waals surface area contributed by atoms with Crippen LogP contribution in [-0.4, -0.2) is 15.9 Å². The van der Waals surface area contributed by atoms with Crippen molar-refractivity contribution < 1.29 is 8.83 Å². The van der Waals surface area contributed by atoms with Crippen LogP contribution in [0.25, 0.3) is 33.5 Å². The molecule has 2 aromatic carbocycles. The van der Waals surface area contributed by atoms with Crippen molar-refractivity contribution in [2.75, 3.05) is 0 Å². The second kappa shape index (κ2) is 7.68. The van der Waals surface area contributed by atoms with Crippen LogP contribution in [0.3, 0.4) is 0 Å². The zero-order chi connectivity index (χ0) is 20.8. The maximum Gasteiger partial charge on any atom is 0.282 e. The predicted molar refractivity (Wildman–Crippen MR) is 128 cm³/mol. The molecule has 0 spiro atoms. The van der Waals surface area contributed by atoms with Crippen molar-refractivity contribution >= 4 is 78.2 Å². The Labute approximate surface area is 196 Å². The van der Waals surface area contributed by atoms with E-state index in [9.17, 15) is 4.79 Å². The van der Waals surface area contributed by atoms with Gasteiger partial charge in [0.05, 0.1) is 21.6 Å². The van der Waals surface area contributed by atoms with Crippen LogP contribution in [0, 0.1) is 3.77 Å². The first-order chi connectivity index (χ1) is 14.5. The van der Waals surface area contributed by atoms with Crippen LogP contribution < -0.4 is 5.56 Å². The van der Waals surface area contributed by atoms with E-state index in [1.165, 1.54) is 10.9 Å². The first kappa shape index (κ1) is 19.5. The molecule has 5 rings (SSSR count). The van der Waals surface area contributed by atoms with Crippen LogP contribution in [0.4, 0.5) is 0 Å². The Balaban J connectivity index is 1.74. The number of hydrogen-bond donors (Lipinski definition) is 0. The number of nitrogens with zero attached hydrogens (tertiary/aromatic N) is 3. The lowest BCUT2D eigenvalue weighted by molar-refractivity contribution is 0.529. The maximum absolute atomic E-state index is 13.2. The Bertz CT molecular complexity index is 1500. The standard InChI is InChI=1S/C21H10BrClIN3O3/c22-15-9-13(29-19(15)24)10-25-27-20(26-16-4-2-1-3-14(16)21(27)28)18-8-11-7-12(23)5-6-17(11)30-18/h1-10H. The van der Waals surface area contributed by atoms with E-state index in [0.29, 0.717) is 36.8 Å². The third-order valence-electron chi connectivity index (χ3n) is 4.42. The van der Waals surface area contributed by atoms with Crippen molar-refractivity contribution in [3.8, 4) is 11.6 Å². The summed E-state index contributed by atoms with van der Waals surface area (Å²) in [6, 6.07) is 16.0. The molecule has 0 unspecified atom stereocenters. The van der Waals surface area contributed by atoms with Crippen LogP contribution in [0.1, 0.15) is 5.76 Å². The summed E-state index contributed by atoms with van der Waals surface area (Å²) < 4.78 is 14.2. The average Bonchev–Trinajstić information content (AvgIpc) is 3.29. The zero-order valence-corrected chi connectivity index (χ0v) is 19.5. The van der Waals surface area contributed by atoms with E-state index in [1.54, 1.807) is 48.5 Å². The summed E-state index contributed by atoms with van der Waals surface area (Å²) in [6.07, 6.45) is 1.47. The van der Waals surface area contributed by atoms with Gasteiger partial charge in [0.15, 0.2) is 9.53 Å². The van der Waals surface area contributed by atoms with Crippen LogP contribution in [0.5, 0.6) is 0 Å². The van der Waals surface area contributed by atoms with Gasteiger partial charge in [-0.05, 0) is 52.3 Å². The Morgan fingerprint density at radius 3 is 2.77 bits per heavy atom. The minimum atomic E-state index is -0.314. The van der Waals surface area contributed by atoms with Crippen molar-refractivity contribution in [2.45, 2.75) is 0 Å². The topological polar surface area (TPSA) is 73.5 Å². The van der Waals surface area contributed by atoms with Gasteiger partial charge >= 0.3 is 0 Å². The van der Waals surface area contributed by atoms with E-state index in [-0.39, 0.29) is 11.4 Å². The fraction of sp³-hybridized carbons (Fsp3) is 0. The SMILES string of the molecule is O=c1c2ccccc2nc(-c2cc3cc(Cl)ccc3o2)n1N=Cc1cc(Br)c(I)o1. The van der Waals surface area contributed by atoms with Gasteiger partial charge in [0.2, 0.25) is 5.82 Å². The number of furan rings is 2. The summed E-state index contributed by atoms with van der Waals surface area (Å²) in [5.74, 6) is 1.18. The average molecular weight is 595 g/mol. The Morgan fingerprint density at radius 1 is 1.13 bits per heavy atom. The second-order valence-corrected chi connectivity index (χ2v) is 8.65. The molecule has 3 aromatic heterocycles. The smallest absolute Gasteiger partial charge is 0.282 e. The molecular weight excluding hydrogens is 585 g/mol. The molecule has 6 nitrogen and oxygen atoms in total. The summed E-state index contributed by atoms with van der Waals surface area (Å²) in [4.78, 5) is 17.8. The molecule has 0 saturated carbocycles. The first-order valence-electron chi connectivity index (χ1n) is 8.70. The van der Waals surface area contributed by atoms with E-state index in [4.69, 9.17) is 20.4 Å². The Morgan fingerprint density at radius 2 is 1.97 bits per heavy atom. The molecule has 0 saturated heterocycles. The normalized spacial score (nSPS) is 11.8. The highest BCUT2D eigenvalue weighted by Crippen LogP contribution is 2.29. The van der Waals surface area contributed by atoms with Gasteiger partial charge in [-0.15, -0.1) is 0 Å². The van der Waals surface area contributed by atoms with Gasteiger partial charge in [0.1, 0.15) is 11.3 Å². The summed E-state index contributed by atoms with van der Waals surface area (Å²) in [7, 11) is 0. The predicted octanol–water partition coefficient (Wildman–Crippen LogP) is 6.31. The summed E-state index contributed by atoms with van der Waals surface area (Å²) in [6.45, 7) is 0. The second-order valence-electron chi connectivity index (χ2n) is 6.38. The molecule has 0 N–H and O–H groups in total. The molecule has 0 atom stereocenters. The van der Waals surface area contributed by atoms with Crippen molar-refractivity contribution in [1.29, 1.82) is 0 Å². The molecule has 0 aliphatic carbocycles. The summed E-state index contributed by atoms with van der Waals surface area (Å²) in [5, 5.41) is 6.21. The van der Waals surface area contributed by atoms with Gasteiger partial charge in [-0.1, -0.05) is 23.7 Å². The van der Waals surface area contributed by atoms with Gasteiger partial charge < -0.3 is 8.83 Å². The van der Waals surface area contributed by atoms with E-state index in [2.05, 4.69) is 48.6 Å². The molecule has 0 fully saturated rings. The van der Waals surface area contributed by atoms with Gasteiger partial charge in [0.25, 0.3) is 5.56 Å². The van der Waals surface area contributed by atoms with E-state index >= 15 is 0 Å². The van der Waals surface area contributed by atoms with E-state index in [0.717, 1.165) is 9.86 Å². The molecule has 148 valence electrons. The van der Waals surface area contributed by atoms with Crippen LogP contribution in [0.15, 0.2) is 77.8 Å². The highest BCUT2D eigenvalue weighted by molar-refractivity contribution is 14.1. The molecule has 0 amide bonds. The monoisotopic (exact) mass is 593 g/mol. The molecule has 3 heterocycles. The molecule has 0 aliphatic rings. The largest absolute Gasteiger partial charge is 0.453 e. The number of fused-ring (bicyclic) bond motifs is 2.